The van der Waals surface area contributed by atoms with E-state index in [9.17, 15) is 4.79 Å². The van der Waals surface area contributed by atoms with Gasteiger partial charge in [-0.2, -0.15) is 0 Å². The zero-order valence-electron chi connectivity index (χ0n) is 14.0. The minimum absolute atomic E-state index is 0.0513. The lowest BCUT2D eigenvalue weighted by atomic mass is 9.98. The molecule has 2 aliphatic heterocycles. The third-order valence-corrected chi connectivity index (χ3v) is 4.61. The molecule has 1 atom stereocenters. The van der Waals surface area contributed by atoms with E-state index in [1.807, 2.05) is 28.0 Å². The molecule has 5 nitrogen and oxygen atoms in total. The van der Waals surface area contributed by atoms with Gasteiger partial charge in [0.15, 0.2) is 0 Å². The number of morpholine rings is 2. The number of ether oxygens (including phenoxy) is 2. The summed E-state index contributed by atoms with van der Waals surface area (Å²) < 4.78 is 11.4. The Labute approximate surface area is 138 Å². The highest BCUT2D eigenvalue weighted by Gasteiger charge is 2.40. The minimum atomic E-state index is -0.275. The standard InChI is InChI=1S/C18H26N2O3/c1-18(2)14-23-16(12-15-6-4-3-5-7-15)13-20(18)17(21)19-8-10-22-11-9-19/h3-7,16H,8-14H2,1-2H3. The zero-order chi connectivity index (χ0) is 16.3. The number of rotatable bonds is 2. The SMILES string of the molecule is CC1(C)COC(Cc2ccccc2)CN1C(=O)N1CCOCC1. The van der Waals surface area contributed by atoms with E-state index in [4.69, 9.17) is 9.47 Å². The molecule has 23 heavy (non-hydrogen) atoms. The number of amides is 2. The third kappa shape index (κ3) is 3.85. The van der Waals surface area contributed by atoms with E-state index in [0.717, 1.165) is 6.42 Å². The first-order valence-corrected chi connectivity index (χ1v) is 8.36. The number of carbonyl (C=O) groups is 1. The molecule has 0 saturated carbocycles. The second-order valence-corrected chi connectivity index (χ2v) is 6.93. The van der Waals surface area contributed by atoms with E-state index >= 15 is 0 Å². The van der Waals surface area contributed by atoms with Crippen molar-refractivity contribution in [3.63, 3.8) is 0 Å². The Hall–Kier alpha value is -1.59. The normalized spacial score (nSPS) is 24.5. The maximum absolute atomic E-state index is 12.9. The van der Waals surface area contributed by atoms with Gasteiger partial charge in [0.2, 0.25) is 0 Å². The van der Waals surface area contributed by atoms with Gasteiger partial charge in [0, 0.05) is 26.1 Å². The maximum Gasteiger partial charge on any atom is 0.320 e. The highest BCUT2D eigenvalue weighted by molar-refractivity contribution is 5.75. The molecule has 0 aliphatic carbocycles. The molecule has 2 heterocycles. The van der Waals surface area contributed by atoms with Gasteiger partial charge in [-0.15, -0.1) is 0 Å². The second kappa shape index (κ2) is 6.89. The van der Waals surface area contributed by atoms with Gasteiger partial charge >= 0.3 is 6.03 Å². The fourth-order valence-electron chi connectivity index (χ4n) is 3.17. The lowest BCUT2D eigenvalue weighted by molar-refractivity contribution is -0.0853. The van der Waals surface area contributed by atoms with Crippen LogP contribution in [0.1, 0.15) is 19.4 Å². The number of carbonyl (C=O) groups excluding carboxylic acids is 1. The number of urea groups is 1. The molecule has 5 heteroatoms. The largest absolute Gasteiger partial charge is 0.378 e. The van der Waals surface area contributed by atoms with Crippen LogP contribution in [0, 0.1) is 0 Å². The van der Waals surface area contributed by atoms with Crippen molar-refractivity contribution in [3.8, 4) is 0 Å². The monoisotopic (exact) mass is 318 g/mol. The summed E-state index contributed by atoms with van der Waals surface area (Å²) >= 11 is 0. The molecule has 2 saturated heterocycles. The molecule has 0 spiro atoms. The van der Waals surface area contributed by atoms with Gasteiger partial charge in [0.05, 0.1) is 31.5 Å². The lowest BCUT2D eigenvalue weighted by Crippen LogP contribution is -2.62. The van der Waals surface area contributed by atoms with E-state index in [2.05, 4.69) is 26.0 Å². The Kier molecular flexibility index (Phi) is 4.87. The van der Waals surface area contributed by atoms with Crippen molar-refractivity contribution in [2.24, 2.45) is 0 Å². The van der Waals surface area contributed by atoms with Crippen LogP contribution in [0.25, 0.3) is 0 Å². The average Bonchev–Trinajstić information content (AvgIpc) is 2.57. The van der Waals surface area contributed by atoms with Crippen LogP contribution < -0.4 is 0 Å². The first kappa shape index (κ1) is 16.3. The Morgan fingerprint density at radius 3 is 2.61 bits per heavy atom. The van der Waals surface area contributed by atoms with E-state index < -0.39 is 0 Å². The van der Waals surface area contributed by atoms with Gasteiger partial charge in [0.1, 0.15) is 0 Å². The van der Waals surface area contributed by atoms with Gasteiger partial charge in [-0.3, -0.25) is 0 Å². The van der Waals surface area contributed by atoms with Crippen LogP contribution >= 0.6 is 0 Å². The maximum atomic E-state index is 12.9. The second-order valence-electron chi connectivity index (χ2n) is 6.93. The minimum Gasteiger partial charge on any atom is -0.378 e. The first-order valence-electron chi connectivity index (χ1n) is 8.36. The fraction of sp³-hybridized carbons (Fsp3) is 0.611. The summed E-state index contributed by atoms with van der Waals surface area (Å²) in [6, 6.07) is 10.4. The van der Waals surface area contributed by atoms with Crippen LogP contribution in [-0.2, 0) is 15.9 Å². The van der Waals surface area contributed by atoms with Crippen LogP contribution in [0.3, 0.4) is 0 Å². The van der Waals surface area contributed by atoms with Crippen molar-refractivity contribution in [2.75, 3.05) is 39.5 Å². The molecule has 3 rings (SSSR count). The molecule has 0 N–H and O–H groups in total. The van der Waals surface area contributed by atoms with E-state index in [1.54, 1.807) is 0 Å². The van der Waals surface area contributed by atoms with E-state index in [-0.39, 0.29) is 17.7 Å². The van der Waals surface area contributed by atoms with Gasteiger partial charge in [0.25, 0.3) is 0 Å². The predicted octanol–water partition coefficient (Wildman–Crippen LogP) is 2.16. The third-order valence-electron chi connectivity index (χ3n) is 4.61. The molecule has 1 aromatic carbocycles. The number of hydrogen-bond donors (Lipinski definition) is 0. The molecular weight excluding hydrogens is 292 g/mol. The highest BCUT2D eigenvalue weighted by Crippen LogP contribution is 2.25. The summed E-state index contributed by atoms with van der Waals surface area (Å²) in [6.07, 6.45) is 0.888. The van der Waals surface area contributed by atoms with Gasteiger partial charge in [-0.05, 0) is 19.4 Å². The Balaban J connectivity index is 1.67. The van der Waals surface area contributed by atoms with Crippen molar-refractivity contribution >= 4 is 6.03 Å². The van der Waals surface area contributed by atoms with Gasteiger partial charge < -0.3 is 19.3 Å². The molecule has 1 unspecified atom stereocenters. The van der Waals surface area contributed by atoms with Crippen molar-refractivity contribution in [1.29, 1.82) is 0 Å². The first-order chi connectivity index (χ1) is 11.1. The quantitative estimate of drug-likeness (QED) is 0.839. The topological polar surface area (TPSA) is 42.0 Å². The molecular formula is C18H26N2O3. The van der Waals surface area contributed by atoms with Crippen LogP contribution in [0.5, 0.6) is 0 Å². The van der Waals surface area contributed by atoms with Gasteiger partial charge in [-0.25, -0.2) is 4.79 Å². The summed E-state index contributed by atoms with van der Waals surface area (Å²) in [6.45, 7) is 7.96. The van der Waals surface area contributed by atoms with Crippen LogP contribution in [0.15, 0.2) is 30.3 Å². The fourth-order valence-corrected chi connectivity index (χ4v) is 3.17. The van der Waals surface area contributed by atoms with E-state index in [1.165, 1.54) is 5.56 Å². The van der Waals surface area contributed by atoms with Crippen LogP contribution in [0.2, 0.25) is 0 Å². The van der Waals surface area contributed by atoms with Crippen molar-refractivity contribution in [2.45, 2.75) is 31.9 Å². The zero-order valence-corrected chi connectivity index (χ0v) is 14.0. The molecule has 2 aliphatic rings. The van der Waals surface area contributed by atoms with Crippen molar-refractivity contribution in [3.05, 3.63) is 35.9 Å². The van der Waals surface area contributed by atoms with Crippen LogP contribution in [-0.4, -0.2) is 66.9 Å². The summed E-state index contributed by atoms with van der Waals surface area (Å²) in [7, 11) is 0. The Morgan fingerprint density at radius 1 is 1.22 bits per heavy atom. The molecule has 0 aromatic heterocycles. The Bertz CT molecular complexity index is 526. The number of nitrogens with zero attached hydrogens (tertiary/aromatic N) is 2. The summed E-state index contributed by atoms with van der Waals surface area (Å²) in [5, 5.41) is 0. The molecule has 0 radical (unpaired) electrons. The smallest absolute Gasteiger partial charge is 0.320 e. The van der Waals surface area contributed by atoms with Gasteiger partial charge in [-0.1, -0.05) is 30.3 Å². The van der Waals surface area contributed by atoms with Crippen molar-refractivity contribution in [1.82, 2.24) is 9.80 Å². The summed E-state index contributed by atoms with van der Waals surface area (Å²) in [4.78, 5) is 16.8. The number of hydrogen-bond acceptors (Lipinski definition) is 3. The summed E-state index contributed by atoms with van der Waals surface area (Å²) in [5.74, 6) is 0. The highest BCUT2D eigenvalue weighted by atomic mass is 16.5. The van der Waals surface area contributed by atoms with Crippen LogP contribution in [0.4, 0.5) is 4.79 Å². The summed E-state index contributed by atoms with van der Waals surface area (Å²) in [5.41, 5.74) is 0.971. The Morgan fingerprint density at radius 2 is 1.91 bits per heavy atom. The molecule has 126 valence electrons. The number of benzene rings is 1. The molecule has 2 fully saturated rings. The molecule has 1 aromatic rings. The predicted molar refractivity (Wildman–Crippen MR) is 88.5 cm³/mol. The van der Waals surface area contributed by atoms with E-state index in [0.29, 0.717) is 39.5 Å². The molecule has 0 bridgehead atoms. The lowest BCUT2D eigenvalue weighted by Gasteiger charge is -2.47. The average molecular weight is 318 g/mol. The molecule has 2 amide bonds. The van der Waals surface area contributed by atoms with Crippen molar-refractivity contribution < 1.29 is 14.3 Å².